The monoisotopic (exact) mass is 250 g/mol. The molecular weight excluding hydrogens is 228 g/mol. The summed E-state index contributed by atoms with van der Waals surface area (Å²) in [7, 11) is 1.67. The molecule has 0 saturated heterocycles. The van der Waals surface area contributed by atoms with Crippen LogP contribution in [0.3, 0.4) is 0 Å². The van der Waals surface area contributed by atoms with Gasteiger partial charge in [0.15, 0.2) is 0 Å². The van der Waals surface area contributed by atoms with Crippen molar-refractivity contribution in [2.75, 3.05) is 20.2 Å². The summed E-state index contributed by atoms with van der Waals surface area (Å²) < 4.78 is 5.20. The molecule has 0 aliphatic heterocycles. The maximum atomic E-state index is 11.4. The van der Waals surface area contributed by atoms with Crippen LogP contribution in [0.2, 0.25) is 0 Å². The molecule has 0 heterocycles. The van der Waals surface area contributed by atoms with E-state index in [0.29, 0.717) is 13.1 Å². The highest BCUT2D eigenvalue weighted by Crippen LogP contribution is 2.18. The Kier molecular flexibility index (Phi) is 6.22. The van der Waals surface area contributed by atoms with E-state index in [-0.39, 0.29) is 5.91 Å². The zero-order valence-electron chi connectivity index (χ0n) is 11.4. The summed E-state index contributed by atoms with van der Waals surface area (Å²) >= 11 is 0. The van der Waals surface area contributed by atoms with Crippen LogP contribution in [0.4, 0.5) is 0 Å². The third-order valence-electron chi connectivity index (χ3n) is 2.65. The fourth-order valence-electron chi connectivity index (χ4n) is 1.70. The molecule has 0 bridgehead atoms. The van der Waals surface area contributed by atoms with Gasteiger partial charge >= 0.3 is 0 Å². The molecule has 4 heteroatoms. The lowest BCUT2D eigenvalue weighted by molar-refractivity contribution is -0.120. The first-order valence-electron chi connectivity index (χ1n) is 6.28. The van der Waals surface area contributed by atoms with Gasteiger partial charge in [-0.05, 0) is 30.5 Å². The van der Waals surface area contributed by atoms with Crippen LogP contribution in [-0.2, 0) is 11.3 Å². The molecule has 1 aromatic carbocycles. The number of benzene rings is 1. The third kappa shape index (κ3) is 4.75. The summed E-state index contributed by atoms with van der Waals surface area (Å²) in [5.41, 5.74) is 2.25. The minimum Gasteiger partial charge on any atom is -0.496 e. The Labute approximate surface area is 109 Å². The lowest BCUT2D eigenvalue weighted by Gasteiger charge is -2.09. The standard InChI is InChI=1S/C14H22N2O2/c1-4-7-16-14(17)10-15-9-12-5-6-13(18-3)11(2)8-12/h5-6,8,15H,4,7,9-10H2,1-3H3,(H,16,17). The average Bonchev–Trinajstić information content (AvgIpc) is 2.36. The van der Waals surface area contributed by atoms with Crippen molar-refractivity contribution in [2.24, 2.45) is 0 Å². The van der Waals surface area contributed by atoms with E-state index in [4.69, 9.17) is 4.74 Å². The summed E-state index contributed by atoms with van der Waals surface area (Å²) in [6.45, 7) is 5.82. The summed E-state index contributed by atoms with van der Waals surface area (Å²) in [5, 5.41) is 5.95. The number of amides is 1. The lowest BCUT2D eigenvalue weighted by Crippen LogP contribution is -2.33. The van der Waals surface area contributed by atoms with Gasteiger partial charge in [0.1, 0.15) is 5.75 Å². The largest absolute Gasteiger partial charge is 0.496 e. The maximum Gasteiger partial charge on any atom is 0.233 e. The first kappa shape index (κ1) is 14.5. The molecule has 1 amide bonds. The van der Waals surface area contributed by atoms with E-state index in [1.54, 1.807) is 7.11 Å². The summed E-state index contributed by atoms with van der Waals surface area (Å²) in [4.78, 5) is 11.4. The zero-order chi connectivity index (χ0) is 13.4. The quantitative estimate of drug-likeness (QED) is 0.773. The Bertz CT molecular complexity index is 391. The van der Waals surface area contributed by atoms with Gasteiger partial charge in [-0.15, -0.1) is 0 Å². The van der Waals surface area contributed by atoms with Crippen LogP contribution in [0.15, 0.2) is 18.2 Å². The van der Waals surface area contributed by atoms with Gasteiger partial charge < -0.3 is 15.4 Å². The van der Waals surface area contributed by atoms with Crippen LogP contribution < -0.4 is 15.4 Å². The van der Waals surface area contributed by atoms with Gasteiger partial charge in [-0.1, -0.05) is 19.1 Å². The smallest absolute Gasteiger partial charge is 0.233 e. The Hall–Kier alpha value is -1.55. The number of hydrogen-bond donors (Lipinski definition) is 2. The predicted molar refractivity (Wildman–Crippen MR) is 72.7 cm³/mol. The summed E-state index contributed by atoms with van der Waals surface area (Å²) in [5.74, 6) is 0.932. The van der Waals surface area contributed by atoms with Crippen molar-refractivity contribution in [3.63, 3.8) is 0 Å². The molecule has 1 aromatic rings. The number of methoxy groups -OCH3 is 1. The fraction of sp³-hybridized carbons (Fsp3) is 0.500. The third-order valence-corrected chi connectivity index (χ3v) is 2.65. The van der Waals surface area contributed by atoms with Crippen molar-refractivity contribution in [2.45, 2.75) is 26.8 Å². The molecule has 4 nitrogen and oxygen atoms in total. The van der Waals surface area contributed by atoms with Gasteiger partial charge in [0.2, 0.25) is 5.91 Å². The molecule has 0 fully saturated rings. The first-order chi connectivity index (χ1) is 8.67. The highest BCUT2D eigenvalue weighted by molar-refractivity contribution is 5.77. The normalized spacial score (nSPS) is 10.2. The van der Waals surface area contributed by atoms with Crippen molar-refractivity contribution in [1.29, 1.82) is 0 Å². The second-order valence-corrected chi connectivity index (χ2v) is 4.26. The molecule has 18 heavy (non-hydrogen) atoms. The van der Waals surface area contributed by atoms with E-state index in [2.05, 4.69) is 16.7 Å². The molecule has 0 aromatic heterocycles. The Morgan fingerprint density at radius 2 is 2.17 bits per heavy atom. The molecule has 0 spiro atoms. The van der Waals surface area contributed by atoms with Gasteiger partial charge in [0, 0.05) is 13.1 Å². The van der Waals surface area contributed by atoms with Crippen molar-refractivity contribution in [3.8, 4) is 5.75 Å². The predicted octanol–water partition coefficient (Wildman–Crippen LogP) is 1.62. The van der Waals surface area contributed by atoms with E-state index in [1.165, 1.54) is 0 Å². The minimum absolute atomic E-state index is 0.0436. The molecule has 0 aliphatic carbocycles. The van der Waals surface area contributed by atoms with Gasteiger partial charge in [-0.2, -0.15) is 0 Å². The molecule has 100 valence electrons. The second-order valence-electron chi connectivity index (χ2n) is 4.26. The number of hydrogen-bond acceptors (Lipinski definition) is 3. The number of aryl methyl sites for hydroxylation is 1. The van der Waals surface area contributed by atoms with Gasteiger partial charge in [-0.25, -0.2) is 0 Å². The van der Waals surface area contributed by atoms with E-state index in [9.17, 15) is 4.79 Å². The maximum absolute atomic E-state index is 11.4. The molecule has 0 atom stereocenters. The molecular formula is C14H22N2O2. The number of carbonyl (C=O) groups excluding carboxylic acids is 1. The molecule has 0 aliphatic rings. The minimum atomic E-state index is 0.0436. The van der Waals surface area contributed by atoms with Crippen molar-refractivity contribution >= 4 is 5.91 Å². The van der Waals surface area contributed by atoms with Crippen molar-refractivity contribution < 1.29 is 9.53 Å². The van der Waals surface area contributed by atoms with Crippen molar-refractivity contribution in [1.82, 2.24) is 10.6 Å². The molecule has 0 radical (unpaired) electrons. The van der Waals surface area contributed by atoms with Crippen LogP contribution in [0.25, 0.3) is 0 Å². The van der Waals surface area contributed by atoms with Gasteiger partial charge in [-0.3, -0.25) is 4.79 Å². The highest BCUT2D eigenvalue weighted by atomic mass is 16.5. The summed E-state index contributed by atoms with van der Waals surface area (Å²) in [6, 6.07) is 6.02. The molecule has 0 saturated carbocycles. The van der Waals surface area contributed by atoms with Gasteiger partial charge in [0.05, 0.1) is 13.7 Å². The molecule has 1 rings (SSSR count). The van der Waals surface area contributed by atoms with Crippen LogP contribution in [0, 0.1) is 6.92 Å². The zero-order valence-corrected chi connectivity index (χ0v) is 11.4. The first-order valence-corrected chi connectivity index (χ1v) is 6.28. The van der Waals surface area contributed by atoms with E-state index >= 15 is 0 Å². The van der Waals surface area contributed by atoms with Crippen LogP contribution in [-0.4, -0.2) is 26.1 Å². The number of carbonyl (C=O) groups is 1. The van der Waals surface area contributed by atoms with Crippen LogP contribution in [0.5, 0.6) is 5.75 Å². The molecule has 0 unspecified atom stereocenters. The lowest BCUT2D eigenvalue weighted by atomic mass is 10.1. The number of rotatable bonds is 7. The fourth-order valence-corrected chi connectivity index (χ4v) is 1.70. The second kappa shape index (κ2) is 7.71. The molecule has 2 N–H and O–H groups in total. The SMILES string of the molecule is CCCNC(=O)CNCc1ccc(OC)c(C)c1. The van der Waals surface area contributed by atoms with Crippen LogP contribution >= 0.6 is 0 Å². The van der Waals surface area contributed by atoms with E-state index in [0.717, 1.165) is 29.8 Å². The average molecular weight is 250 g/mol. The van der Waals surface area contributed by atoms with E-state index in [1.807, 2.05) is 26.0 Å². The van der Waals surface area contributed by atoms with Crippen LogP contribution in [0.1, 0.15) is 24.5 Å². The van der Waals surface area contributed by atoms with Crippen molar-refractivity contribution in [3.05, 3.63) is 29.3 Å². The Morgan fingerprint density at radius 3 is 2.78 bits per heavy atom. The Balaban J connectivity index is 2.35. The number of nitrogens with one attached hydrogen (secondary N) is 2. The van der Waals surface area contributed by atoms with Gasteiger partial charge in [0.25, 0.3) is 0 Å². The Morgan fingerprint density at radius 1 is 1.39 bits per heavy atom. The topological polar surface area (TPSA) is 50.4 Å². The van der Waals surface area contributed by atoms with E-state index < -0.39 is 0 Å². The summed E-state index contributed by atoms with van der Waals surface area (Å²) in [6.07, 6.45) is 0.962. The number of ether oxygens (including phenoxy) is 1. The highest BCUT2D eigenvalue weighted by Gasteiger charge is 2.02.